The van der Waals surface area contributed by atoms with E-state index in [1.807, 2.05) is 0 Å². The highest BCUT2D eigenvalue weighted by atomic mass is 16.4. The van der Waals surface area contributed by atoms with Crippen molar-refractivity contribution in [2.75, 3.05) is 7.05 Å². The Bertz CT molecular complexity index is 189. The smallest absolute Gasteiger partial charge is 0.303 e. The number of carboxylic acids is 1. The maximum Gasteiger partial charge on any atom is 0.303 e. The van der Waals surface area contributed by atoms with Crippen LogP contribution in [0.25, 0.3) is 0 Å². The van der Waals surface area contributed by atoms with E-state index >= 15 is 0 Å². The molecule has 0 radical (unpaired) electrons. The van der Waals surface area contributed by atoms with Gasteiger partial charge in [-0.3, -0.25) is 4.79 Å². The molecule has 0 aromatic rings. The van der Waals surface area contributed by atoms with Crippen LogP contribution < -0.4 is 5.32 Å². The zero-order valence-electron chi connectivity index (χ0n) is 12.2. The van der Waals surface area contributed by atoms with Crippen molar-refractivity contribution in [2.45, 2.75) is 83.6 Å². The summed E-state index contributed by atoms with van der Waals surface area (Å²) in [5, 5.41) is 11.6. The number of aliphatic carboxylic acids is 1. The second-order valence-corrected chi connectivity index (χ2v) is 5.18. The Labute approximate surface area is 112 Å². The highest BCUT2D eigenvalue weighted by Gasteiger charge is 2.09. The topological polar surface area (TPSA) is 49.3 Å². The lowest BCUT2D eigenvalue weighted by molar-refractivity contribution is -0.137. The second kappa shape index (κ2) is 12.9. The molecule has 1 saturated carbocycles. The molecule has 108 valence electrons. The van der Waals surface area contributed by atoms with Gasteiger partial charge in [-0.25, -0.2) is 0 Å². The monoisotopic (exact) mass is 257 g/mol. The van der Waals surface area contributed by atoms with Gasteiger partial charge in [0, 0.05) is 12.5 Å². The van der Waals surface area contributed by atoms with E-state index < -0.39 is 5.97 Å². The summed E-state index contributed by atoms with van der Waals surface area (Å²) in [6, 6.07) is 0.837. The first-order valence-electron chi connectivity index (χ1n) is 7.59. The van der Waals surface area contributed by atoms with Gasteiger partial charge in [-0.1, -0.05) is 51.9 Å². The van der Waals surface area contributed by atoms with E-state index in [1.54, 1.807) is 0 Å². The van der Waals surface area contributed by atoms with Gasteiger partial charge in [-0.15, -0.1) is 0 Å². The molecule has 0 spiro atoms. The maximum absolute atomic E-state index is 10.0. The zero-order valence-corrected chi connectivity index (χ0v) is 12.2. The van der Waals surface area contributed by atoms with Crippen molar-refractivity contribution in [3.8, 4) is 0 Å². The molecule has 1 aliphatic carbocycles. The van der Waals surface area contributed by atoms with E-state index in [1.165, 1.54) is 51.4 Å². The Morgan fingerprint density at radius 1 is 1.11 bits per heavy atom. The van der Waals surface area contributed by atoms with Crippen LogP contribution >= 0.6 is 0 Å². The maximum atomic E-state index is 10.0. The van der Waals surface area contributed by atoms with Crippen LogP contribution in [0.15, 0.2) is 0 Å². The summed E-state index contributed by atoms with van der Waals surface area (Å²) >= 11 is 0. The Morgan fingerprint density at radius 2 is 1.72 bits per heavy atom. The lowest BCUT2D eigenvalue weighted by atomic mass is 9.96. The van der Waals surface area contributed by atoms with Crippen molar-refractivity contribution in [2.24, 2.45) is 0 Å². The summed E-state index contributed by atoms with van der Waals surface area (Å²) < 4.78 is 0. The van der Waals surface area contributed by atoms with Crippen molar-refractivity contribution >= 4 is 5.97 Å². The quantitative estimate of drug-likeness (QED) is 0.678. The van der Waals surface area contributed by atoms with Crippen LogP contribution in [-0.4, -0.2) is 24.2 Å². The molecule has 0 heterocycles. The summed E-state index contributed by atoms with van der Waals surface area (Å²) in [5.74, 6) is -0.670. The number of nitrogens with one attached hydrogen (secondary N) is 1. The number of hydrogen-bond donors (Lipinski definition) is 2. The minimum absolute atomic E-state index is 0.337. The number of carboxylic acid groups (broad SMARTS) is 1. The molecule has 0 aliphatic heterocycles. The summed E-state index contributed by atoms with van der Waals surface area (Å²) in [4.78, 5) is 10.0. The van der Waals surface area contributed by atoms with Crippen LogP contribution in [0.2, 0.25) is 0 Å². The third-order valence-electron chi connectivity index (χ3n) is 3.51. The fourth-order valence-corrected chi connectivity index (χ4v) is 2.27. The van der Waals surface area contributed by atoms with Crippen LogP contribution in [0.4, 0.5) is 0 Å². The normalized spacial score (nSPS) is 15.9. The minimum Gasteiger partial charge on any atom is -0.481 e. The van der Waals surface area contributed by atoms with Crippen LogP contribution in [0.3, 0.4) is 0 Å². The predicted octanol–water partition coefficient (Wildman–Crippen LogP) is 3.97. The molecule has 0 aromatic carbocycles. The van der Waals surface area contributed by atoms with Crippen LogP contribution in [0, 0.1) is 0 Å². The minimum atomic E-state index is -0.670. The van der Waals surface area contributed by atoms with Gasteiger partial charge in [0.2, 0.25) is 0 Å². The van der Waals surface area contributed by atoms with E-state index in [4.69, 9.17) is 5.11 Å². The first kappa shape index (κ1) is 17.4. The number of hydrogen-bond acceptors (Lipinski definition) is 2. The Hall–Kier alpha value is -0.570. The van der Waals surface area contributed by atoms with Gasteiger partial charge >= 0.3 is 5.97 Å². The lowest BCUT2D eigenvalue weighted by Crippen LogP contribution is -2.26. The fraction of sp³-hybridized carbons (Fsp3) is 0.933. The Morgan fingerprint density at radius 3 is 2.17 bits per heavy atom. The van der Waals surface area contributed by atoms with Crippen molar-refractivity contribution in [1.29, 1.82) is 0 Å². The average molecular weight is 257 g/mol. The number of carbonyl (C=O) groups is 1. The third-order valence-corrected chi connectivity index (χ3v) is 3.51. The molecule has 18 heavy (non-hydrogen) atoms. The molecule has 0 atom stereocenters. The van der Waals surface area contributed by atoms with E-state index in [0.717, 1.165) is 18.9 Å². The van der Waals surface area contributed by atoms with Crippen LogP contribution in [0.5, 0.6) is 0 Å². The number of rotatable bonds is 7. The largest absolute Gasteiger partial charge is 0.481 e. The number of unbranched alkanes of at least 4 members (excludes halogenated alkanes) is 4. The molecule has 1 aliphatic rings. The van der Waals surface area contributed by atoms with Crippen molar-refractivity contribution in [3.63, 3.8) is 0 Å². The molecule has 3 heteroatoms. The molecule has 2 N–H and O–H groups in total. The summed E-state index contributed by atoms with van der Waals surface area (Å²) in [6.07, 6.45) is 13.0. The summed E-state index contributed by atoms with van der Waals surface area (Å²) in [7, 11) is 2.07. The first-order chi connectivity index (χ1) is 8.70. The SMILES string of the molecule is CCCCCCCC(=O)O.CNC1CCCCC1. The Balaban J connectivity index is 0.000000327. The second-order valence-electron chi connectivity index (χ2n) is 5.18. The predicted molar refractivity (Wildman–Crippen MR) is 76.9 cm³/mol. The van der Waals surface area contributed by atoms with Gasteiger partial charge in [0.1, 0.15) is 0 Å². The highest BCUT2D eigenvalue weighted by molar-refractivity contribution is 5.66. The molecular formula is C15H31NO2. The lowest BCUT2D eigenvalue weighted by Gasteiger charge is -2.20. The van der Waals surface area contributed by atoms with E-state index in [0.29, 0.717) is 6.42 Å². The van der Waals surface area contributed by atoms with Crippen LogP contribution in [0.1, 0.15) is 77.6 Å². The molecular weight excluding hydrogens is 226 g/mol. The molecule has 0 bridgehead atoms. The molecule has 1 rings (SSSR count). The van der Waals surface area contributed by atoms with Crippen LogP contribution in [-0.2, 0) is 4.79 Å². The zero-order chi connectivity index (χ0) is 13.6. The summed E-state index contributed by atoms with van der Waals surface area (Å²) in [6.45, 7) is 2.15. The van der Waals surface area contributed by atoms with Gasteiger partial charge in [0.15, 0.2) is 0 Å². The standard InChI is InChI=1S/C8H16O2.C7H15N/c1-2-3-4-5-6-7-8(9)10;1-8-7-5-3-2-4-6-7/h2-7H2,1H3,(H,9,10);7-8H,2-6H2,1H3. The van der Waals surface area contributed by atoms with Gasteiger partial charge < -0.3 is 10.4 Å². The van der Waals surface area contributed by atoms with Crippen molar-refractivity contribution in [1.82, 2.24) is 5.32 Å². The molecule has 1 fully saturated rings. The van der Waals surface area contributed by atoms with Gasteiger partial charge in [0.05, 0.1) is 0 Å². The Kier molecular flexibility index (Phi) is 12.5. The van der Waals surface area contributed by atoms with E-state index in [2.05, 4.69) is 19.3 Å². The molecule has 0 amide bonds. The first-order valence-corrected chi connectivity index (χ1v) is 7.59. The molecule has 0 aromatic heterocycles. The van der Waals surface area contributed by atoms with E-state index in [9.17, 15) is 4.79 Å². The molecule has 0 saturated heterocycles. The summed E-state index contributed by atoms with van der Waals surface area (Å²) in [5.41, 5.74) is 0. The van der Waals surface area contributed by atoms with Gasteiger partial charge in [0.25, 0.3) is 0 Å². The third kappa shape index (κ3) is 11.9. The van der Waals surface area contributed by atoms with Gasteiger partial charge in [-0.2, -0.15) is 0 Å². The van der Waals surface area contributed by atoms with Gasteiger partial charge in [-0.05, 0) is 26.3 Å². The molecule has 3 nitrogen and oxygen atoms in total. The molecule has 0 unspecified atom stereocenters. The highest BCUT2D eigenvalue weighted by Crippen LogP contribution is 2.16. The average Bonchev–Trinajstić information content (AvgIpc) is 2.40. The van der Waals surface area contributed by atoms with Crippen molar-refractivity contribution in [3.05, 3.63) is 0 Å². The van der Waals surface area contributed by atoms with E-state index in [-0.39, 0.29) is 0 Å². The fourth-order valence-electron chi connectivity index (χ4n) is 2.27. The van der Waals surface area contributed by atoms with Crippen molar-refractivity contribution < 1.29 is 9.90 Å².